The topological polar surface area (TPSA) is 49.8 Å². The maximum absolute atomic E-state index is 13.6. The largest absolute Gasteiger partial charge is 0.478 e. The van der Waals surface area contributed by atoms with Crippen LogP contribution in [0, 0.1) is 5.82 Å². The Morgan fingerprint density at radius 2 is 2.11 bits per heavy atom. The summed E-state index contributed by atoms with van der Waals surface area (Å²) < 4.78 is 18.8. The van der Waals surface area contributed by atoms with Crippen LogP contribution in [0.2, 0.25) is 0 Å². The van der Waals surface area contributed by atoms with Crippen LogP contribution in [-0.4, -0.2) is 37.4 Å². The van der Waals surface area contributed by atoms with Crippen LogP contribution in [0.3, 0.4) is 0 Å². The second kappa shape index (κ2) is 5.35. The Morgan fingerprint density at radius 1 is 1.44 bits per heavy atom. The second-order valence-electron chi connectivity index (χ2n) is 4.39. The van der Waals surface area contributed by atoms with Crippen molar-refractivity contribution in [2.75, 3.05) is 25.1 Å². The molecule has 98 valence electrons. The van der Waals surface area contributed by atoms with Crippen molar-refractivity contribution in [1.29, 1.82) is 0 Å². The Hall–Kier alpha value is -1.62. The summed E-state index contributed by atoms with van der Waals surface area (Å²) in [6.07, 6.45) is 2.07. The van der Waals surface area contributed by atoms with Crippen molar-refractivity contribution < 1.29 is 19.0 Å². The molecule has 0 radical (unpaired) electrons. The van der Waals surface area contributed by atoms with Crippen LogP contribution in [0.5, 0.6) is 0 Å². The van der Waals surface area contributed by atoms with Crippen LogP contribution >= 0.6 is 0 Å². The molecule has 1 saturated heterocycles. The first-order valence-electron chi connectivity index (χ1n) is 5.92. The number of carboxylic acids is 1. The van der Waals surface area contributed by atoms with Crippen molar-refractivity contribution in [3.05, 3.63) is 29.6 Å². The molecule has 18 heavy (non-hydrogen) atoms. The van der Waals surface area contributed by atoms with E-state index >= 15 is 0 Å². The number of ether oxygens (including phenoxy) is 1. The lowest BCUT2D eigenvalue weighted by atomic mass is 10.1. The first-order valence-corrected chi connectivity index (χ1v) is 5.92. The van der Waals surface area contributed by atoms with Crippen LogP contribution in [-0.2, 0) is 4.74 Å². The number of piperidine rings is 1. The van der Waals surface area contributed by atoms with E-state index in [2.05, 4.69) is 0 Å². The van der Waals surface area contributed by atoms with E-state index in [0.717, 1.165) is 31.6 Å². The number of hydrogen-bond acceptors (Lipinski definition) is 3. The van der Waals surface area contributed by atoms with Gasteiger partial charge in [0, 0.05) is 25.9 Å². The highest BCUT2D eigenvalue weighted by Gasteiger charge is 2.20. The van der Waals surface area contributed by atoms with Gasteiger partial charge in [0.1, 0.15) is 5.82 Å². The second-order valence-corrected chi connectivity index (χ2v) is 4.39. The molecule has 0 bridgehead atoms. The lowest BCUT2D eigenvalue weighted by Crippen LogP contribution is -2.36. The highest BCUT2D eigenvalue weighted by Crippen LogP contribution is 2.23. The number of anilines is 1. The summed E-state index contributed by atoms with van der Waals surface area (Å²) in [6, 6.07) is 4.26. The lowest BCUT2D eigenvalue weighted by Gasteiger charge is -2.33. The van der Waals surface area contributed by atoms with Gasteiger partial charge in [0.25, 0.3) is 0 Å². The number of halogens is 1. The molecule has 1 N–H and O–H groups in total. The van der Waals surface area contributed by atoms with Crippen molar-refractivity contribution in [2.45, 2.75) is 18.9 Å². The zero-order valence-corrected chi connectivity index (χ0v) is 10.2. The summed E-state index contributed by atoms with van der Waals surface area (Å²) in [5.74, 6) is -1.92. The van der Waals surface area contributed by atoms with Gasteiger partial charge in [-0.05, 0) is 31.0 Å². The maximum atomic E-state index is 13.6. The fourth-order valence-corrected chi connectivity index (χ4v) is 2.22. The normalized spacial score (nSPS) is 16.9. The Balaban J connectivity index is 2.11. The minimum absolute atomic E-state index is 0.268. The Morgan fingerprint density at radius 3 is 2.61 bits per heavy atom. The zero-order chi connectivity index (χ0) is 13.1. The van der Waals surface area contributed by atoms with E-state index in [-0.39, 0.29) is 11.7 Å². The molecular weight excluding hydrogens is 237 g/mol. The number of rotatable bonds is 3. The maximum Gasteiger partial charge on any atom is 0.338 e. The summed E-state index contributed by atoms with van der Waals surface area (Å²) >= 11 is 0. The zero-order valence-electron chi connectivity index (χ0n) is 10.2. The first kappa shape index (κ1) is 12.8. The fourth-order valence-electron chi connectivity index (χ4n) is 2.22. The van der Waals surface area contributed by atoms with Gasteiger partial charge in [-0.3, -0.25) is 0 Å². The van der Waals surface area contributed by atoms with E-state index in [9.17, 15) is 9.18 Å². The molecule has 0 unspecified atom stereocenters. The van der Waals surface area contributed by atoms with E-state index in [4.69, 9.17) is 9.84 Å². The molecule has 1 aliphatic rings. The average Bonchev–Trinajstić information content (AvgIpc) is 2.38. The highest BCUT2D eigenvalue weighted by atomic mass is 19.1. The van der Waals surface area contributed by atoms with Crippen molar-refractivity contribution >= 4 is 11.7 Å². The van der Waals surface area contributed by atoms with Crippen molar-refractivity contribution in [3.8, 4) is 0 Å². The van der Waals surface area contributed by atoms with Crippen molar-refractivity contribution in [3.63, 3.8) is 0 Å². The quantitative estimate of drug-likeness (QED) is 0.896. The van der Waals surface area contributed by atoms with E-state index in [1.165, 1.54) is 12.1 Å². The Bertz CT molecular complexity index is 442. The van der Waals surface area contributed by atoms with Crippen LogP contribution in [0.25, 0.3) is 0 Å². The molecule has 1 aromatic carbocycles. The van der Waals surface area contributed by atoms with Gasteiger partial charge < -0.3 is 14.7 Å². The number of carboxylic acid groups (broad SMARTS) is 1. The minimum atomic E-state index is -1.24. The number of carbonyl (C=O) groups is 1. The molecular formula is C13H16FNO3. The molecule has 4 nitrogen and oxygen atoms in total. The predicted molar refractivity (Wildman–Crippen MR) is 65.6 cm³/mol. The monoisotopic (exact) mass is 253 g/mol. The van der Waals surface area contributed by atoms with Crippen LogP contribution < -0.4 is 4.90 Å². The van der Waals surface area contributed by atoms with Crippen LogP contribution in [0.1, 0.15) is 23.2 Å². The van der Waals surface area contributed by atoms with Gasteiger partial charge in [-0.15, -0.1) is 0 Å². The van der Waals surface area contributed by atoms with Gasteiger partial charge in [0.05, 0.1) is 11.7 Å². The van der Waals surface area contributed by atoms with Gasteiger partial charge >= 0.3 is 5.97 Å². The van der Waals surface area contributed by atoms with Gasteiger partial charge in [0.2, 0.25) is 0 Å². The van der Waals surface area contributed by atoms with Crippen molar-refractivity contribution in [1.82, 2.24) is 0 Å². The van der Waals surface area contributed by atoms with E-state index in [1.807, 2.05) is 4.90 Å². The Kier molecular flexibility index (Phi) is 3.81. The Labute approximate surface area is 105 Å². The summed E-state index contributed by atoms with van der Waals surface area (Å²) in [4.78, 5) is 12.8. The summed E-state index contributed by atoms with van der Waals surface area (Å²) in [6.45, 7) is 1.59. The van der Waals surface area contributed by atoms with E-state index in [0.29, 0.717) is 0 Å². The van der Waals surface area contributed by atoms with Gasteiger partial charge in [-0.25, -0.2) is 9.18 Å². The molecule has 5 heteroatoms. The van der Waals surface area contributed by atoms with Gasteiger partial charge in [-0.2, -0.15) is 0 Å². The molecule has 0 saturated carbocycles. The van der Waals surface area contributed by atoms with Crippen LogP contribution in [0.15, 0.2) is 18.2 Å². The predicted octanol–water partition coefficient (Wildman–Crippen LogP) is 2.14. The molecule has 1 fully saturated rings. The van der Waals surface area contributed by atoms with Gasteiger partial charge in [-0.1, -0.05) is 0 Å². The average molecular weight is 253 g/mol. The number of aromatic carboxylic acids is 1. The molecule has 1 aliphatic heterocycles. The number of nitrogens with zero attached hydrogens (tertiary/aromatic N) is 1. The van der Waals surface area contributed by atoms with E-state index in [1.54, 1.807) is 13.2 Å². The number of benzene rings is 1. The van der Waals surface area contributed by atoms with E-state index < -0.39 is 11.8 Å². The third kappa shape index (κ3) is 2.61. The molecule has 0 amide bonds. The first-order chi connectivity index (χ1) is 8.61. The highest BCUT2D eigenvalue weighted by molar-refractivity contribution is 5.88. The SMILES string of the molecule is COC1CCN(c2ccc(C(=O)O)c(F)c2)CC1. The lowest BCUT2D eigenvalue weighted by molar-refractivity contribution is 0.0692. The standard InChI is InChI=1S/C13H16FNO3/c1-18-10-4-6-15(7-5-10)9-2-3-11(13(16)17)12(14)8-9/h2-3,8,10H,4-7H2,1H3,(H,16,17). The summed E-state index contributed by atoms with van der Waals surface area (Å²) in [7, 11) is 1.70. The summed E-state index contributed by atoms with van der Waals surface area (Å²) in [5.41, 5.74) is 0.442. The molecule has 1 aromatic rings. The summed E-state index contributed by atoms with van der Waals surface area (Å²) in [5, 5.41) is 8.76. The molecule has 0 aromatic heterocycles. The number of hydrogen-bond donors (Lipinski definition) is 1. The fraction of sp³-hybridized carbons (Fsp3) is 0.462. The number of methoxy groups -OCH3 is 1. The van der Waals surface area contributed by atoms with Crippen molar-refractivity contribution in [2.24, 2.45) is 0 Å². The third-order valence-electron chi connectivity index (χ3n) is 3.32. The molecule has 0 atom stereocenters. The minimum Gasteiger partial charge on any atom is -0.478 e. The molecule has 0 aliphatic carbocycles. The van der Waals surface area contributed by atoms with Crippen LogP contribution in [0.4, 0.5) is 10.1 Å². The smallest absolute Gasteiger partial charge is 0.338 e. The third-order valence-corrected chi connectivity index (χ3v) is 3.32. The molecule has 0 spiro atoms. The molecule has 1 heterocycles. The van der Waals surface area contributed by atoms with Gasteiger partial charge in [0.15, 0.2) is 0 Å². The molecule has 2 rings (SSSR count).